The molecule has 12 heavy (non-hydrogen) atoms. The first kappa shape index (κ1) is 6.84. The molecule has 1 aliphatic heterocycles. The molecule has 4 nitrogen and oxygen atoms in total. The van der Waals surface area contributed by atoms with Crippen molar-refractivity contribution < 1.29 is 0 Å². The smallest absolute Gasteiger partial charge is 0.115 e. The molecule has 2 N–H and O–H groups in total. The predicted octanol–water partition coefficient (Wildman–Crippen LogP) is 0.439. The lowest BCUT2D eigenvalue weighted by atomic mass is 10.2. The van der Waals surface area contributed by atoms with Crippen LogP contribution in [0.15, 0.2) is 37.1 Å². The monoisotopic (exact) mass is 160 g/mol. The van der Waals surface area contributed by atoms with Gasteiger partial charge in [0.05, 0.1) is 5.70 Å². The van der Waals surface area contributed by atoms with Crippen LogP contribution in [0.3, 0.4) is 0 Å². The molecular weight excluding hydrogens is 152 g/mol. The number of rotatable bonds is 1. The molecule has 60 valence electrons. The second kappa shape index (κ2) is 3.04. The minimum Gasteiger partial charge on any atom is -0.308 e. The van der Waals surface area contributed by atoms with Crippen LogP contribution in [-0.4, -0.2) is 9.97 Å². The summed E-state index contributed by atoms with van der Waals surface area (Å²) >= 11 is 0. The topological polar surface area (TPSA) is 49.8 Å². The summed E-state index contributed by atoms with van der Waals surface area (Å²) in [4.78, 5) is 7.83. The number of hydrazine groups is 1. The van der Waals surface area contributed by atoms with Crippen molar-refractivity contribution in [1.29, 1.82) is 0 Å². The summed E-state index contributed by atoms with van der Waals surface area (Å²) in [6.45, 7) is 0. The summed E-state index contributed by atoms with van der Waals surface area (Å²) in [5.41, 5.74) is 7.80. The lowest BCUT2D eigenvalue weighted by Gasteiger charge is -2.12. The van der Waals surface area contributed by atoms with E-state index in [2.05, 4.69) is 20.8 Å². The van der Waals surface area contributed by atoms with Gasteiger partial charge in [-0.05, 0) is 12.2 Å². The third-order valence-electron chi connectivity index (χ3n) is 1.52. The number of nitrogens with one attached hydrogen (secondary N) is 2. The van der Waals surface area contributed by atoms with Gasteiger partial charge in [0, 0.05) is 24.2 Å². The fourth-order valence-electron chi connectivity index (χ4n) is 0.960. The Morgan fingerprint density at radius 1 is 1.17 bits per heavy atom. The molecule has 0 spiro atoms. The van der Waals surface area contributed by atoms with Crippen LogP contribution >= 0.6 is 0 Å². The summed E-state index contributed by atoms with van der Waals surface area (Å²) in [6.07, 6.45) is 10.7. The van der Waals surface area contributed by atoms with E-state index < -0.39 is 0 Å². The minimum absolute atomic E-state index is 0.967. The fourth-order valence-corrected chi connectivity index (χ4v) is 0.960. The van der Waals surface area contributed by atoms with Crippen LogP contribution in [0.4, 0.5) is 0 Å². The van der Waals surface area contributed by atoms with Crippen molar-refractivity contribution in [1.82, 2.24) is 20.8 Å². The molecule has 0 aliphatic carbocycles. The van der Waals surface area contributed by atoms with E-state index in [4.69, 9.17) is 0 Å². The van der Waals surface area contributed by atoms with Crippen molar-refractivity contribution in [2.75, 3.05) is 0 Å². The van der Waals surface area contributed by atoms with Gasteiger partial charge >= 0.3 is 0 Å². The van der Waals surface area contributed by atoms with E-state index in [0.717, 1.165) is 11.3 Å². The van der Waals surface area contributed by atoms with E-state index in [-0.39, 0.29) is 0 Å². The molecule has 0 unspecified atom stereocenters. The first-order chi connectivity index (χ1) is 5.97. The summed E-state index contributed by atoms with van der Waals surface area (Å²) in [6, 6.07) is 0. The highest BCUT2D eigenvalue weighted by Crippen LogP contribution is 2.08. The van der Waals surface area contributed by atoms with Crippen LogP contribution in [0.5, 0.6) is 0 Å². The fraction of sp³-hybridized carbons (Fsp3) is 0. The lowest BCUT2D eigenvalue weighted by molar-refractivity contribution is 0.785. The van der Waals surface area contributed by atoms with Gasteiger partial charge in [-0.2, -0.15) is 0 Å². The SMILES string of the molecule is C1=CNNC(c2cncnc2)=C1. The number of allylic oxidation sites excluding steroid dienone is 2. The Labute approximate surface area is 70.0 Å². The highest BCUT2D eigenvalue weighted by molar-refractivity contribution is 5.64. The quantitative estimate of drug-likeness (QED) is 0.625. The molecule has 1 aromatic heterocycles. The number of hydrogen-bond acceptors (Lipinski definition) is 4. The summed E-state index contributed by atoms with van der Waals surface area (Å²) in [5.74, 6) is 0. The van der Waals surface area contributed by atoms with Crippen LogP contribution in [-0.2, 0) is 0 Å². The number of aromatic nitrogens is 2. The molecule has 2 heterocycles. The molecule has 1 aliphatic rings. The third-order valence-corrected chi connectivity index (χ3v) is 1.52. The lowest BCUT2D eigenvalue weighted by Crippen LogP contribution is -2.26. The average molecular weight is 160 g/mol. The largest absolute Gasteiger partial charge is 0.308 e. The van der Waals surface area contributed by atoms with Gasteiger partial charge in [0.15, 0.2) is 0 Å². The average Bonchev–Trinajstić information content (AvgIpc) is 2.21. The van der Waals surface area contributed by atoms with Crippen molar-refractivity contribution in [3.05, 3.63) is 42.6 Å². The first-order valence-corrected chi connectivity index (χ1v) is 3.60. The number of hydrogen-bond donors (Lipinski definition) is 2. The Hall–Kier alpha value is -1.84. The highest BCUT2D eigenvalue weighted by Gasteiger charge is 2.00. The van der Waals surface area contributed by atoms with Crippen molar-refractivity contribution in [2.45, 2.75) is 0 Å². The molecule has 0 radical (unpaired) electrons. The molecule has 0 saturated carbocycles. The maximum absolute atomic E-state index is 3.92. The Kier molecular flexibility index (Phi) is 1.74. The van der Waals surface area contributed by atoms with Crippen LogP contribution < -0.4 is 10.9 Å². The van der Waals surface area contributed by atoms with Gasteiger partial charge < -0.3 is 10.9 Å². The zero-order valence-electron chi connectivity index (χ0n) is 6.36. The summed E-state index contributed by atoms with van der Waals surface area (Å²) in [5, 5.41) is 0. The van der Waals surface area contributed by atoms with Gasteiger partial charge in [0.2, 0.25) is 0 Å². The normalized spacial score (nSPS) is 14.5. The first-order valence-electron chi connectivity index (χ1n) is 3.60. The molecule has 4 heteroatoms. The van der Waals surface area contributed by atoms with Gasteiger partial charge in [0.25, 0.3) is 0 Å². The van der Waals surface area contributed by atoms with E-state index >= 15 is 0 Å². The Morgan fingerprint density at radius 2 is 2.00 bits per heavy atom. The maximum Gasteiger partial charge on any atom is 0.115 e. The molecule has 0 saturated heterocycles. The molecule has 0 bridgehead atoms. The zero-order valence-corrected chi connectivity index (χ0v) is 6.36. The minimum atomic E-state index is 0.967. The second-order valence-electron chi connectivity index (χ2n) is 2.34. The second-order valence-corrected chi connectivity index (χ2v) is 2.34. The molecule has 0 atom stereocenters. The maximum atomic E-state index is 3.92. The van der Waals surface area contributed by atoms with Crippen LogP contribution in [0.2, 0.25) is 0 Å². The molecule has 0 amide bonds. The Bertz CT molecular complexity index is 315. The van der Waals surface area contributed by atoms with Crippen molar-refractivity contribution in [3.8, 4) is 0 Å². The van der Waals surface area contributed by atoms with Gasteiger partial charge in [-0.1, -0.05) is 0 Å². The molecular formula is C8H8N4. The van der Waals surface area contributed by atoms with E-state index in [1.807, 2.05) is 18.4 Å². The number of nitrogens with zero attached hydrogens (tertiary/aromatic N) is 2. The summed E-state index contributed by atoms with van der Waals surface area (Å²) < 4.78 is 0. The predicted molar refractivity (Wildman–Crippen MR) is 45.4 cm³/mol. The molecule has 1 aromatic rings. The van der Waals surface area contributed by atoms with E-state index in [9.17, 15) is 0 Å². The van der Waals surface area contributed by atoms with Gasteiger partial charge in [-0.25, -0.2) is 9.97 Å². The summed E-state index contributed by atoms with van der Waals surface area (Å²) in [7, 11) is 0. The van der Waals surface area contributed by atoms with Crippen molar-refractivity contribution in [2.24, 2.45) is 0 Å². The van der Waals surface area contributed by atoms with Crippen LogP contribution in [0, 0.1) is 0 Å². The van der Waals surface area contributed by atoms with Gasteiger partial charge in [-0.3, -0.25) is 0 Å². The van der Waals surface area contributed by atoms with Crippen LogP contribution in [0.25, 0.3) is 5.70 Å². The van der Waals surface area contributed by atoms with E-state index in [1.165, 1.54) is 6.33 Å². The highest BCUT2D eigenvalue weighted by atomic mass is 15.3. The third kappa shape index (κ3) is 1.27. The van der Waals surface area contributed by atoms with Crippen molar-refractivity contribution >= 4 is 5.70 Å². The zero-order chi connectivity index (χ0) is 8.23. The molecule has 2 rings (SSSR count). The van der Waals surface area contributed by atoms with Crippen molar-refractivity contribution in [3.63, 3.8) is 0 Å². The molecule has 0 aromatic carbocycles. The van der Waals surface area contributed by atoms with Crippen LogP contribution in [0.1, 0.15) is 5.56 Å². The Morgan fingerprint density at radius 3 is 2.67 bits per heavy atom. The molecule has 0 fully saturated rings. The van der Waals surface area contributed by atoms with Gasteiger partial charge in [0.1, 0.15) is 6.33 Å². The standard InChI is InChI=1S/C8H8N4/c1-2-8(12-11-3-1)7-4-9-6-10-5-7/h1-6,11-12H. The van der Waals surface area contributed by atoms with E-state index in [0.29, 0.717) is 0 Å². The van der Waals surface area contributed by atoms with Gasteiger partial charge in [-0.15, -0.1) is 0 Å². The van der Waals surface area contributed by atoms with E-state index in [1.54, 1.807) is 12.4 Å². The Balaban J connectivity index is 2.31.